The lowest BCUT2D eigenvalue weighted by Gasteiger charge is -2.25. The fourth-order valence-corrected chi connectivity index (χ4v) is 4.23. The van der Waals surface area contributed by atoms with Crippen molar-refractivity contribution < 1.29 is 14.2 Å². The van der Waals surface area contributed by atoms with E-state index in [-0.39, 0.29) is 6.10 Å². The lowest BCUT2D eigenvalue weighted by molar-refractivity contribution is 0.00119. The number of nitrogens with zero attached hydrogens (tertiary/aromatic N) is 3. The third kappa shape index (κ3) is 4.34. The van der Waals surface area contributed by atoms with Crippen LogP contribution in [0.2, 0.25) is 0 Å². The fourth-order valence-electron chi connectivity index (χ4n) is 3.19. The highest BCUT2D eigenvalue weighted by Gasteiger charge is 2.26. The van der Waals surface area contributed by atoms with E-state index in [9.17, 15) is 0 Å². The molecule has 3 aromatic rings. The maximum absolute atomic E-state index is 6.12. The predicted molar refractivity (Wildman–Crippen MR) is 119 cm³/mol. The third-order valence-electron chi connectivity index (χ3n) is 4.75. The molecule has 7 nitrogen and oxygen atoms in total. The van der Waals surface area contributed by atoms with E-state index in [4.69, 9.17) is 19.2 Å². The van der Waals surface area contributed by atoms with Crippen LogP contribution in [0.5, 0.6) is 5.75 Å². The number of fused-ring (bicyclic) bond motifs is 1. The first-order chi connectivity index (χ1) is 14.5. The molecule has 158 valence electrons. The van der Waals surface area contributed by atoms with Crippen molar-refractivity contribution in [3.8, 4) is 16.9 Å². The maximum atomic E-state index is 6.12. The lowest BCUT2D eigenvalue weighted by Crippen LogP contribution is -2.19. The molecule has 8 heteroatoms. The minimum atomic E-state index is -0.233. The van der Waals surface area contributed by atoms with E-state index in [0.717, 1.165) is 50.2 Å². The summed E-state index contributed by atoms with van der Waals surface area (Å²) in [6.07, 6.45) is 7.30. The van der Waals surface area contributed by atoms with E-state index in [0.29, 0.717) is 13.2 Å². The van der Waals surface area contributed by atoms with Gasteiger partial charge in [-0.1, -0.05) is 6.08 Å². The van der Waals surface area contributed by atoms with Gasteiger partial charge in [0, 0.05) is 18.3 Å². The van der Waals surface area contributed by atoms with Crippen molar-refractivity contribution in [2.24, 2.45) is 0 Å². The van der Waals surface area contributed by atoms with Gasteiger partial charge >= 0.3 is 0 Å². The average Bonchev–Trinajstić information content (AvgIpc) is 3.39. The van der Waals surface area contributed by atoms with E-state index in [1.807, 2.05) is 58.6 Å². The number of aromatic amines is 1. The number of benzene rings is 1. The second kappa shape index (κ2) is 8.89. The highest BCUT2D eigenvalue weighted by atomic mass is 32.1. The molecule has 1 aromatic carbocycles. The largest absolute Gasteiger partial charge is 0.490 e. The summed E-state index contributed by atoms with van der Waals surface area (Å²) in [5.74, 6) is 2.31. The number of likely N-dealkylation sites (N-methyl/N-ethyl adjacent to an activating group) is 1. The number of H-pyrrole nitrogens is 1. The van der Waals surface area contributed by atoms with Crippen molar-refractivity contribution in [2.75, 3.05) is 33.9 Å². The van der Waals surface area contributed by atoms with E-state index in [2.05, 4.69) is 21.2 Å². The second-order valence-corrected chi connectivity index (χ2v) is 8.41. The van der Waals surface area contributed by atoms with Gasteiger partial charge in [0.2, 0.25) is 0 Å². The van der Waals surface area contributed by atoms with Crippen LogP contribution in [-0.2, 0) is 9.47 Å². The Morgan fingerprint density at radius 1 is 1.33 bits per heavy atom. The molecule has 1 atom stereocenters. The Kier molecular flexibility index (Phi) is 6.06. The van der Waals surface area contributed by atoms with Crippen LogP contribution in [0.1, 0.15) is 25.0 Å². The molecular formula is C22H26N4O3S. The zero-order valence-corrected chi connectivity index (χ0v) is 18.5. The van der Waals surface area contributed by atoms with Crippen molar-refractivity contribution in [1.29, 1.82) is 0 Å². The highest BCUT2D eigenvalue weighted by molar-refractivity contribution is 7.18. The first-order valence-electron chi connectivity index (χ1n) is 9.89. The molecule has 2 aromatic heterocycles. The number of rotatable bonds is 7. The van der Waals surface area contributed by atoms with Gasteiger partial charge in [-0.25, -0.2) is 4.98 Å². The van der Waals surface area contributed by atoms with Gasteiger partial charge < -0.3 is 19.1 Å². The van der Waals surface area contributed by atoms with E-state index >= 15 is 0 Å². The molecular weight excluding hydrogens is 400 g/mol. The number of aromatic nitrogens is 3. The first-order valence-corrected chi connectivity index (χ1v) is 10.7. The molecule has 0 bridgehead atoms. The quantitative estimate of drug-likeness (QED) is 0.599. The predicted octanol–water partition coefficient (Wildman–Crippen LogP) is 4.52. The van der Waals surface area contributed by atoms with Gasteiger partial charge in [0.15, 0.2) is 11.9 Å². The van der Waals surface area contributed by atoms with Gasteiger partial charge in [-0.15, -0.1) is 11.3 Å². The number of hydrogen-bond acceptors (Lipinski definition) is 7. The summed E-state index contributed by atoms with van der Waals surface area (Å²) in [7, 11) is 4.06. The number of allylic oxidation sites excluding steroid dienone is 3. The summed E-state index contributed by atoms with van der Waals surface area (Å²) in [5, 5.41) is 7.82. The van der Waals surface area contributed by atoms with Crippen LogP contribution < -0.4 is 4.74 Å². The molecule has 3 heterocycles. The summed E-state index contributed by atoms with van der Waals surface area (Å²) in [4.78, 5) is 6.96. The lowest BCUT2D eigenvalue weighted by atomic mass is 10.1. The molecule has 30 heavy (non-hydrogen) atoms. The van der Waals surface area contributed by atoms with Crippen LogP contribution in [0.3, 0.4) is 0 Å². The van der Waals surface area contributed by atoms with E-state index < -0.39 is 0 Å². The molecule has 0 radical (unpaired) electrons. The SMILES string of the molecule is CC=CC1=C(C)OC(c2nc3c(OCCN(C)C)cc(-c4cn[nH]c4)cc3s2)CO1. The van der Waals surface area contributed by atoms with Crippen molar-refractivity contribution >= 4 is 21.6 Å². The Labute approximate surface area is 180 Å². The highest BCUT2D eigenvalue weighted by Crippen LogP contribution is 2.39. The van der Waals surface area contributed by atoms with Crippen LogP contribution >= 0.6 is 11.3 Å². The molecule has 1 N–H and O–H groups in total. The Morgan fingerprint density at radius 2 is 2.20 bits per heavy atom. The molecule has 1 aliphatic heterocycles. The Balaban J connectivity index is 1.68. The van der Waals surface area contributed by atoms with Crippen LogP contribution in [0.25, 0.3) is 21.3 Å². The molecule has 4 rings (SSSR count). The summed E-state index contributed by atoms with van der Waals surface area (Å²) in [5.41, 5.74) is 2.90. The summed E-state index contributed by atoms with van der Waals surface area (Å²) >= 11 is 1.61. The van der Waals surface area contributed by atoms with Gasteiger partial charge in [-0.05, 0) is 51.7 Å². The molecule has 0 spiro atoms. The average molecular weight is 427 g/mol. The van der Waals surface area contributed by atoms with Gasteiger partial charge in [-0.2, -0.15) is 5.10 Å². The van der Waals surface area contributed by atoms with Crippen LogP contribution in [-0.4, -0.2) is 53.9 Å². The number of hydrogen-bond donors (Lipinski definition) is 1. The Morgan fingerprint density at radius 3 is 2.90 bits per heavy atom. The summed E-state index contributed by atoms with van der Waals surface area (Å²) in [6, 6.07) is 4.15. The van der Waals surface area contributed by atoms with Gasteiger partial charge in [0.1, 0.15) is 35.2 Å². The summed E-state index contributed by atoms with van der Waals surface area (Å²) in [6.45, 7) is 5.72. The number of thiazole rings is 1. The molecule has 0 saturated heterocycles. The topological polar surface area (TPSA) is 72.5 Å². The van der Waals surface area contributed by atoms with E-state index in [1.54, 1.807) is 11.3 Å². The van der Waals surface area contributed by atoms with Crippen molar-refractivity contribution in [3.05, 3.63) is 53.2 Å². The van der Waals surface area contributed by atoms with Crippen molar-refractivity contribution in [3.63, 3.8) is 0 Å². The Bertz CT molecular complexity index is 1070. The van der Waals surface area contributed by atoms with Gasteiger partial charge in [-0.3, -0.25) is 5.10 Å². The monoisotopic (exact) mass is 426 g/mol. The van der Waals surface area contributed by atoms with Crippen molar-refractivity contribution in [1.82, 2.24) is 20.1 Å². The molecule has 0 amide bonds. The standard InChI is InChI=1S/C22H26N4O3S/c1-5-6-17-14(2)29-19(13-28-17)22-25-21-18(27-8-7-26(3)4)9-15(10-20(21)30-22)16-11-23-24-12-16/h5-6,9-12,19H,7-8,13H2,1-4H3,(H,23,24). The zero-order chi connectivity index (χ0) is 21.1. The van der Waals surface area contributed by atoms with Gasteiger partial charge in [0.05, 0.1) is 10.9 Å². The van der Waals surface area contributed by atoms with Crippen LogP contribution in [0, 0.1) is 0 Å². The normalized spacial score (nSPS) is 17.0. The van der Waals surface area contributed by atoms with Gasteiger partial charge in [0.25, 0.3) is 0 Å². The fraction of sp³-hybridized carbons (Fsp3) is 0.364. The molecule has 0 aliphatic carbocycles. The minimum absolute atomic E-state index is 0.233. The molecule has 0 fully saturated rings. The van der Waals surface area contributed by atoms with E-state index in [1.165, 1.54) is 0 Å². The number of ether oxygens (including phenoxy) is 3. The maximum Gasteiger partial charge on any atom is 0.183 e. The molecule has 0 saturated carbocycles. The van der Waals surface area contributed by atoms with Crippen LogP contribution in [0.4, 0.5) is 0 Å². The molecule has 1 aliphatic rings. The van der Waals surface area contributed by atoms with Crippen LogP contribution in [0.15, 0.2) is 48.2 Å². The Hall–Kier alpha value is -2.84. The third-order valence-corrected chi connectivity index (χ3v) is 5.85. The smallest absolute Gasteiger partial charge is 0.183 e. The zero-order valence-electron chi connectivity index (χ0n) is 17.6. The first kappa shape index (κ1) is 20.4. The minimum Gasteiger partial charge on any atom is -0.490 e. The summed E-state index contributed by atoms with van der Waals surface area (Å²) < 4.78 is 19.2. The van der Waals surface area contributed by atoms with Crippen molar-refractivity contribution in [2.45, 2.75) is 20.0 Å². The number of nitrogens with one attached hydrogen (secondary N) is 1. The second-order valence-electron chi connectivity index (χ2n) is 7.35. The molecule has 1 unspecified atom stereocenters.